The number of hydrogen-bond donors (Lipinski definition) is 0. The van der Waals surface area contributed by atoms with E-state index < -0.39 is 0 Å². The van der Waals surface area contributed by atoms with Gasteiger partial charge in [-0.1, -0.05) is 38.0 Å². The van der Waals surface area contributed by atoms with Gasteiger partial charge in [0.15, 0.2) is 0 Å². The van der Waals surface area contributed by atoms with Crippen LogP contribution in [0.25, 0.3) is 0 Å². The third-order valence-electron chi connectivity index (χ3n) is 4.59. The lowest BCUT2D eigenvalue weighted by Crippen LogP contribution is -2.26. The molecule has 0 spiro atoms. The van der Waals surface area contributed by atoms with Crippen LogP contribution in [0.15, 0.2) is 30.3 Å². The number of benzene rings is 1. The molecule has 2 heteroatoms. The number of epoxide rings is 1. The van der Waals surface area contributed by atoms with E-state index in [1.165, 1.54) is 25.7 Å². The maximum atomic E-state index is 6.03. The zero-order valence-corrected chi connectivity index (χ0v) is 11.1. The molecule has 2 unspecified atom stereocenters. The van der Waals surface area contributed by atoms with Crippen LogP contribution >= 0.6 is 0 Å². The highest BCUT2D eigenvalue weighted by molar-refractivity contribution is 5.21. The van der Waals surface area contributed by atoms with Gasteiger partial charge in [0, 0.05) is 0 Å². The van der Waals surface area contributed by atoms with Gasteiger partial charge in [-0.15, -0.1) is 0 Å². The summed E-state index contributed by atoms with van der Waals surface area (Å²) in [6.45, 7) is 2.95. The molecule has 3 rings (SSSR count). The van der Waals surface area contributed by atoms with E-state index in [0.717, 1.165) is 18.1 Å². The molecule has 18 heavy (non-hydrogen) atoms. The summed E-state index contributed by atoms with van der Waals surface area (Å²) < 4.78 is 11.9. The molecule has 1 saturated heterocycles. The van der Waals surface area contributed by atoms with Crippen LogP contribution in [0.2, 0.25) is 0 Å². The van der Waals surface area contributed by atoms with E-state index in [-0.39, 0.29) is 5.60 Å². The van der Waals surface area contributed by atoms with Gasteiger partial charge in [0.05, 0.1) is 0 Å². The number of para-hydroxylation sites is 1. The van der Waals surface area contributed by atoms with Crippen LogP contribution < -0.4 is 4.74 Å². The van der Waals surface area contributed by atoms with Crippen molar-refractivity contribution in [3.8, 4) is 5.75 Å². The molecule has 2 fully saturated rings. The van der Waals surface area contributed by atoms with Crippen molar-refractivity contribution in [1.82, 2.24) is 0 Å². The van der Waals surface area contributed by atoms with Crippen molar-refractivity contribution in [2.75, 3.05) is 6.61 Å². The predicted molar refractivity (Wildman–Crippen MR) is 71.8 cm³/mol. The Labute approximate surface area is 109 Å². The van der Waals surface area contributed by atoms with Crippen LogP contribution in [0.3, 0.4) is 0 Å². The first kappa shape index (κ1) is 12.0. The van der Waals surface area contributed by atoms with Crippen molar-refractivity contribution in [3.05, 3.63) is 30.3 Å². The van der Waals surface area contributed by atoms with Gasteiger partial charge in [0.2, 0.25) is 0 Å². The molecule has 0 N–H and O–H groups in total. The zero-order valence-electron chi connectivity index (χ0n) is 11.1. The Morgan fingerprint density at radius 1 is 1.22 bits per heavy atom. The lowest BCUT2D eigenvalue weighted by atomic mass is 9.85. The van der Waals surface area contributed by atoms with Gasteiger partial charge in [-0.3, -0.25) is 0 Å². The summed E-state index contributed by atoms with van der Waals surface area (Å²) in [5.74, 6) is 1.72. The second kappa shape index (κ2) is 4.93. The monoisotopic (exact) mass is 246 g/mol. The Morgan fingerprint density at radius 2 is 1.94 bits per heavy atom. The molecule has 1 aromatic carbocycles. The van der Waals surface area contributed by atoms with Crippen LogP contribution in [-0.2, 0) is 4.74 Å². The first-order valence-corrected chi connectivity index (χ1v) is 7.21. The number of rotatable bonds is 5. The summed E-state index contributed by atoms with van der Waals surface area (Å²) in [6, 6.07) is 10.0. The van der Waals surface area contributed by atoms with Crippen molar-refractivity contribution >= 4 is 0 Å². The summed E-state index contributed by atoms with van der Waals surface area (Å²) in [6.07, 6.45) is 6.88. The molecule has 0 bridgehead atoms. The van der Waals surface area contributed by atoms with Crippen molar-refractivity contribution in [2.45, 2.75) is 50.7 Å². The van der Waals surface area contributed by atoms with Crippen molar-refractivity contribution in [1.29, 1.82) is 0 Å². The van der Waals surface area contributed by atoms with Crippen LogP contribution in [0.1, 0.15) is 39.0 Å². The average Bonchev–Trinajstić information content (AvgIpc) is 2.87. The molecule has 1 saturated carbocycles. The van der Waals surface area contributed by atoms with Crippen LogP contribution in [-0.4, -0.2) is 18.3 Å². The summed E-state index contributed by atoms with van der Waals surface area (Å²) in [7, 11) is 0. The normalized spacial score (nSPS) is 31.5. The fourth-order valence-corrected chi connectivity index (χ4v) is 3.47. The molecule has 1 aliphatic heterocycles. The third kappa shape index (κ3) is 2.14. The highest BCUT2D eigenvalue weighted by atomic mass is 16.6. The largest absolute Gasteiger partial charge is 0.491 e. The quantitative estimate of drug-likeness (QED) is 0.737. The standard InChI is InChI=1S/C16H22O2/c1-2-16(13-8-6-7-9-13)15(18-16)12-17-14-10-4-3-5-11-14/h3-5,10-11,13,15H,2,6-9,12H2,1H3. The van der Waals surface area contributed by atoms with Crippen LogP contribution in [0.4, 0.5) is 0 Å². The van der Waals surface area contributed by atoms with Gasteiger partial charge in [0.25, 0.3) is 0 Å². The van der Waals surface area contributed by atoms with Gasteiger partial charge < -0.3 is 9.47 Å². The molecule has 1 aliphatic carbocycles. The second-order valence-corrected chi connectivity index (χ2v) is 5.52. The molecule has 0 aromatic heterocycles. The van der Waals surface area contributed by atoms with Crippen molar-refractivity contribution in [3.63, 3.8) is 0 Å². The molecule has 98 valence electrons. The zero-order chi connectivity index (χ0) is 12.4. The van der Waals surface area contributed by atoms with Gasteiger partial charge in [0.1, 0.15) is 24.1 Å². The number of hydrogen-bond acceptors (Lipinski definition) is 2. The Hall–Kier alpha value is -1.02. The second-order valence-electron chi connectivity index (χ2n) is 5.52. The minimum absolute atomic E-state index is 0.144. The summed E-state index contributed by atoms with van der Waals surface area (Å²) in [5, 5.41) is 0. The van der Waals surface area contributed by atoms with Crippen molar-refractivity contribution < 1.29 is 9.47 Å². The van der Waals surface area contributed by atoms with E-state index in [0.29, 0.717) is 12.7 Å². The van der Waals surface area contributed by atoms with Gasteiger partial charge >= 0.3 is 0 Å². The molecule has 0 amide bonds. The highest BCUT2D eigenvalue weighted by Crippen LogP contribution is 2.51. The van der Waals surface area contributed by atoms with Gasteiger partial charge in [-0.25, -0.2) is 0 Å². The van der Waals surface area contributed by atoms with E-state index in [4.69, 9.17) is 9.47 Å². The molecule has 2 atom stereocenters. The van der Waals surface area contributed by atoms with Crippen LogP contribution in [0, 0.1) is 5.92 Å². The van der Waals surface area contributed by atoms with E-state index in [1.807, 2.05) is 30.3 Å². The molecule has 1 aromatic rings. The fraction of sp³-hybridized carbons (Fsp3) is 0.625. The molecule has 0 radical (unpaired) electrons. The SMILES string of the molecule is CCC1(C2CCCC2)OC1COc1ccccc1. The predicted octanol–water partition coefficient (Wildman–Crippen LogP) is 3.80. The molecule has 2 nitrogen and oxygen atoms in total. The maximum Gasteiger partial charge on any atom is 0.121 e. The maximum absolute atomic E-state index is 6.03. The molecule has 1 heterocycles. The first-order chi connectivity index (χ1) is 8.85. The number of ether oxygens (including phenoxy) is 2. The highest BCUT2D eigenvalue weighted by Gasteiger charge is 2.60. The summed E-state index contributed by atoms with van der Waals surface area (Å²) in [5.41, 5.74) is 0.144. The van der Waals surface area contributed by atoms with E-state index in [9.17, 15) is 0 Å². The first-order valence-electron chi connectivity index (χ1n) is 7.21. The Balaban J connectivity index is 1.56. The van der Waals surface area contributed by atoms with E-state index in [2.05, 4.69) is 6.92 Å². The molecular formula is C16H22O2. The fourth-order valence-electron chi connectivity index (χ4n) is 3.47. The lowest BCUT2D eigenvalue weighted by molar-refractivity contribution is 0.204. The van der Waals surface area contributed by atoms with Gasteiger partial charge in [-0.2, -0.15) is 0 Å². The Kier molecular flexibility index (Phi) is 3.29. The smallest absolute Gasteiger partial charge is 0.121 e. The minimum atomic E-state index is 0.144. The topological polar surface area (TPSA) is 21.8 Å². The molecule has 2 aliphatic rings. The summed E-state index contributed by atoms with van der Waals surface area (Å²) >= 11 is 0. The molecular weight excluding hydrogens is 224 g/mol. The average molecular weight is 246 g/mol. The van der Waals surface area contributed by atoms with Crippen molar-refractivity contribution in [2.24, 2.45) is 5.92 Å². The minimum Gasteiger partial charge on any atom is -0.491 e. The Bertz CT molecular complexity index is 383. The lowest BCUT2D eigenvalue weighted by Gasteiger charge is -2.18. The third-order valence-corrected chi connectivity index (χ3v) is 4.59. The van der Waals surface area contributed by atoms with E-state index in [1.54, 1.807) is 0 Å². The van der Waals surface area contributed by atoms with E-state index >= 15 is 0 Å². The summed E-state index contributed by atoms with van der Waals surface area (Å²) in [4.78, 5) is 0. The van der Waals surface area contributed by atoms with Gasteiger partial charge in [-0.05, 0) is 37.3 Å². The van der Waals surface area contributed by atoms with Crippen LogP contribution in [0.5, 0.6) is 5.75 Å². The Morgan fingerprint density at radius 3 is 2.61 bits per heavy atom.